The molecule has 0 aromatic carbocycles. The third-order valence-electron chi connectivity index (χ3n) is 11.0. The third kappa shape index (κ3) is 10.9. The van der Waals surface area contributed by atoms with Crippen LogP contribution in [-0.4, -0.2) is 133 Å². The molecular formula is C37H63N6O11P. The van der Waals surface area contributed by atoms with Crippen LogP contribution in [0.2, 0.25) is 0 Å². The fraction of sp³-hybridized carbons (Fsp3) is 0.865. The van der Waals surface area contributed by atoms with Gasteiger partial charge in [0, 0.05) is 57.5 Å². The number of esters is 1. The lowest BCUT2D eigenvalue weighted by Gasteiger charge is -2.47. The van der Waals surface area contributed by atoms with Gasteiger partial charge in [0.1, 0.15) is 11.4 Å². The number of nitrogens with one attached hydrogen (secondary N) is 1. The average Bonchev–Trinajstić information content (AvgIpc) is 3.38. The largest absolute Gasteiger partial charge is 0.456 e. The van der Waals surface area contributed by atoms with E-state index in [9.17, 15) is 24.1 Å². The van der Waals surface area contributed by atoms with Crippen molar-refractivity contribution >= 4 is 26.4 Å². The molecule has 0 aromatic heterocycles. The molecule has 2 unspecified atom stereocenters. The molecule has 18 heteroatoms. The number of methoxy groups -OCH3 is 1. The second-order valence-electron chi connectivity index (χ2n) is 16.2. The van der Waals surface area contributed by atoms with Gasteiger partial charge in [0.05, 0.1) is 29.5 Å². The fourth-order valence-electron chi connectivity index (χ4n) is 8.00. The number of hydrogen-bond acceptors (Lipinski definition) is 13. The number of aliphatic hydroxyl groups excluding tert-OH is 1. The molecule has 3 aliphatic rings. The molecule has 3 heterocycles. The van der Waals surface area contributed by atoms with Gasteiger partial charge in [-0.05, 0) is 85.3 Å². The summed E-state index contributed by atoms with van der Waals surface area (Å²) < 4.78 is 49.6. The number of azide groups is 1. The zero-order valence-electron chi connectivity index (χ0n) is 34.6. The Kier molecular flexibility index (Phi) is 16.4. The lowest BCUT2D eigenvalue weighted by atomic mass is 9.80. The lowest BCUT2D eigenvalue weighted by Crippen LogP contribution is -2.59. The van der Waals surface area contributed by atoms with Crippen molar-refractivity contribution < 1.29 is 52.5 Å². The number of rotatable bonds is 20. The molecule has 3 rings (SSSR count). The predicted octanol–water partition coefficient (Wildman–Crippen LogP) is 5.31. The maximum atomic E-state index is 14.0. The molecule has 2 fully saturated rings. The molecule has 0 aliphatic carbocycles. The van der Waals surface area contributed by atoms with Gasteiger partial charge < -0.3 is 43.7 Å². The molecule has 0 aromatic rings. The monoisotopic (exact) mass is 798 g/mol. The van der Waals surface area contributed by atoms with Crippen LogP contribution in [0.4, 0.5) is 4.79 Å². The number of hydrogen-bond donors (Lipinski definition) is 2. The molecule has 0 radical (unpaired) electrons. The first-order chi connectivity index (χ1) is 25.7. The summed E-state index contributed by atoms with van der Waals surface area (Å²) in [5.74, 6) is -2.71. The number of ether oxygens (including phenoxy) is 6. The Balaban J connectivity index is 1.93. The van der Waals surface area contributed by atoms with Gasteiger partial charge in [-0.3, -0.25) is 14.3 Å². The van der Waals surface area contributed by atoms with E-state index in [-0.39, 0.29) is 58.2 Å². The highest BCUT2D eigenvalue weighted by Crippen LogP contribution is 2.42. The highest BCUT2D eigenvalue weighted by Gasteiger charge is 2.58. The van der Waals surface area contributed by atoms with Crippen molar-refractivity contribution in [2.45, 2.75) is 154 Å². The Morgan fingerprint density at radius 3 is 2.47 bits per heavy atom. The van der Waals surface area contributed by atoms with Crippen molar-refractivity contribution in [2.24, 2.45) is 17.0 Å². The van der Waals surface area contributed by atoms with Gasteiger partial charge in [-0.15, -0.1) is 0 Å². The number of carbonyl (C=O) groups excluding carboxylic acids is 3. The van der Waals surface area contributed by atoms with E-state index >= 15 is 0 Å². The first-order valence-corrected chi connectivity index (χ1v) is 20.0. The summed E-state index contributed by atoms with van der Waals surface area (Å²) in [4.78, 5) is 46.2. The Morgan fingerprint density at radius 1 is 1.22 bits per heavy atom. The van der Waals surface area contributed by atoms with E-state index in [1.54, 1.807) is 41.7 Å². The number of amides is 2. The molecule has 11 atom stereocenters. The minimum absolute atomic E-state index is 0.110. The summed E-state index contributed by atoms with van der Waals surface area (Å²) in [7, 11) is 5.26. The Bertz CT molecular complexity index is 1460. The fourth-order valence-corrected chi connectivity index (χ4v) is 8.77. The normalized spacial score (nSPS) is 30.1. The zero-order valence-corrected chi connectivity index (χ0v) is 35.5. The van der Waals surface area contributed by atoms with Crippen LogP contribution < -0.4 is 5.32 Å². The molecule has 2 N–H and O–H groups in total. The first kappa shape index (κ1) is 46.3. The second-order valence-corrected chi connectivity index (χ2v) is 17.0. The van der Waals surface area contributed by atoms with Crippen LogP contribution in [0.1, 0.15) is 94.4 Å². The van der Waals surface area contributed by atoms with Crippen molar-refractivity contribution in [3.63, 3.8) is 0 Å². The van der Waals surface area contributed by atoms with Gasteiger partial charge in [0.2, 0.25) is 11.7 Å². The molecule has 17 nitrogen and oxygen atoms in total. The van der Waals surface area contributed by atoms with Crippen molar-refractivity contribution in [3.8, 4) is 0 Å². The van der Waals surface area contributed by atoms with Gasteiger partial charge in [-0.1, -0.05) is 25.9 Å². The molecule has 2 amide bonds. The van der Waals surface area contributed by atoms with Gasteiger partial charge in [0.15, 0.2) is 26.4 Å². The highest BCUT2D eigenvalue weighted by molar-refractivity contribution is 7.25. The van der Waals surface area contributed by atoms with Crippen LogP contribution in [-0.2, 0) is 42.6 Å². The number of nitrogens with zero attached hydrogens (tertiary/aromatic N) is 5. The lowest BCUT2D eigenvalue weighted by molar-refractivity contribution is -0.266. The van der Waals surface area contributed by atoms with Gasteiger partial charge in [0.25, 0.3) is 0 Å². The Hall–Kier alpha value is -3.04. The van der Waals surface area contributed by atoms with Gasteiger partial charge in [-0.25, -0.2) is 9.59 Å². The summed E-state index contributed by atoms with van der Waals surface area (Å²) in [5.41, 5.74) is 5.76. The van der Waals surface area contributed by atoms with Crippen molar-refractivity contribution in [3.05, 3.63) is 21.8 Å². The number of aliphatic hydroxyl groups is 1. The zero-order chi connectivity index (χ0) is 41.5. The maximum absolute atomic E-state index is 14.0. The van der Waals surface area contributed by atoms with Crippen molar-refractivity contribution in [2.75, 3.05) is 40.8 Å². The summed E-state index contributed by atoms with van der Waals surface area (Å²) in [6, 6.07) is -1.23. The molecule has 0 bridgehead atoms. The van der Waals surface area contributed by atoms with E-state index in [0.29, 0.717) is 31.4 Å². The second kappa shape index (κ2) is 19.4. The van der Waals surface area contributed by atoms with E-state index in [1.165, 1.54) is 4.90 Å². The number of cyclic esters (lactones) is 2. The van der Waals surface area contributed by atoms with Crippen molar-refractivity contribution in [1.82, 2.24) is 15.1 Å². The van der Waals surface area contributed by atoms with Crippen LogP contribution in [0.3, 0.4) is 0 Å². The number of carbonyl (C=O) groups is 3. The SMILES string of the molecule is CC[C@@H](O)[C@@]1(C)OC(=O)N(CCCCN=[N+]=[N-])[C@@H]1C(=O)NC[C@H](C)C[C@@](C)(OC)[C@H](O[C@@H]1O[C@H](C)CC(N(C)C)C1P=O)[C@@H](C)C1=C(C)C(=O)OC(C)(C)O1. The van der Waals surface area contributed by atoms with E-state index < -0.39 is 71.1 Å². The standard InChI is InChI=1S/C37H63N6O11P/c1-13-26(44)37(9)29(43(34(47)54-37)17-15-14-16-40-41-38)31(45)39-20-21(2)19-36(8,49-12)30(23(4)27-24(5)32(46)53-35(6,7)52-27)51-33-28(55-48)25(42(10)11)18-22(3)50-33/h21-23,25-26,28-30,33,44H,13-20H2,1-12H3,(H,39,45)/t21-,22-,23+,25?,26-,28?,29-,30-,33+,36-,37-/m1/s1. The summed E-state index contributed by atoms with van der Waals surface area (Å²) in [6.07, 6.45) is -1.56. The highest BCUT2D eigenvalue weighted by atomic mass is 31.1. The topological polar surface area (TPSA) is 211 Å². The van der Waals surface area contributed by atoms with E-state index in [0.717, 1.165) is 0 Å². The maximum Gasteiger partial charge on any atom is 0.411 e. The summed E-state index contributed by atoms with van der Waals surface area (Å²) in [6.45, 7) is 16.4. The van der Waals surface area contributed by atoms with Crippen LogP contribution in [0.5, 0.6) is 0 Å². The molecule has 2 saturated heterocycles. The molecule has 55 heavy (non-hydrogen) atoms. The van der Waals surface area contributed by atoms with Crippen molar-refractivity contribution in [1.29, 1.82) is 0 Å². The first-order valence-electron chi connectivity index (χ1n) is 19.1. The van der Waals surface area contributed by atoms with E-state index in [2.05, 4.69) is 15.3 Å². The minimum Gasteiger partial charge on any atom is -0.456 e. The van der Waals surface area contributed by atoms with Crippen LogP contribution in [0, 0.1) is 11.8 Å². The van der Waals surface area contributed by atoms with Crippen LogP contribution in [0.15, 0.2) is 16.4 Å². The molecular weight excluding hydrogens is 735 g/mol. The quantitative estimate of drug-likeness (QED) is 0.0401. The van der Waals surface area contributed by atoms with Gasteiger partial charge >= 0.3 is 12.1 Å². The predicted molar refractivity (Wildman–Crippen MR) is 203 cm³/mol. The Morgan fingerprint density at radius 2 is 1.89 bits per heavy atom. The van der Waals surface area contributed by atoms with Gasteiger partial charge in [-0.2, -0.15) is 0 Å². The number of unbranched alkanes of at least 4 members (excludes halogenated alkanes) is 1. The van der Waals surface area contributed by atoms with Crippen LogP contribution in [0.25, 0.3) is 10.4 Å². The van der Waals surface area contributed by atoms with E-state index in [4.69, 9.17) is 34.0 Å². The average molecular weight is 799 g/mol. The third-order valence-corrected chi connectivity index (χ3v) is 11.9. The van der Waals surface area contributed by atoms with E-state index in [1.807, 2.05) is 46.7 Å². The molecule has 0 saturated carbocycles. The molecule has 0 spiro atoms. The van der Waals surface area contributed by atoms with Crippen LogP contribution >= 0.6 is 8.46 Å². The Labute approximate surface area is 326 Å². The summed E-state index contributed by atoms with van der Waals surface area (Å²) >= 11 is 0. The minimum atomic E-state index is -1.50. The summed E-state index contributed by atoms with van der Waals surface area (Å²) in [5, 5.41) is 17.5. The smallest absolute Gasteiger partial charge is 0.411 e. The molecule has 3 aliphatic heterocycles. The molecule has 312 valence electrons.